The summed E-state index contributed by atoms with van der Waals surface area (Å²) in [5.41, 5.74) is -0.398. The molecule has 0 fully saturated rings. The van der Waals surface area contributed by atoms with Crippen molar-refractivity contribution in [1.82, 2.24) is 0 Å². The van der Waals surface area contributed by atoms with Gasteiger partial charge in [0.15, 0.2) is 5.60 Å². The normalized spacial score (nSPS) is 15.5. The molecule has 1 atom stereocenters. The van der Waals surface area contributed by atoms with Gasteiger partial charge in [0, 0.05) is 5.69 Å². The summed E-state index contributed by atoms with van der Waals surface area (Å²) in [6.45, 7) is 3.80. The molecule has 96 valence electrons. The third kappa shape index (κ3) is 3.12. The highest BCUT2D eigenvalue weighted by Crippen LogP contribution is 2.30. The van der Waals surface area contributed by atoms with Crippen LogP contribution < -0.4 is 5.32 Å². The fraction of sp³-hybridized carbons (Fsp3) is 0.500. The van der Waals surface area contributed by atoms with Crippen LogP contribution in [0.3, 0.4) is 0 Å². The molecule has 1 unspecified atom stereocenters. The molecule has 1 aromatic rings. The van der Waals surface area contributed by atoms with E-state index in [1.165, 1.54) is 0 Å². The quantitative estimate of drug-likeness (QED) is 0.860. The Hall–Kier alpha value is -1.23. The maximum atomic E-state index is 12.4. The van der Waals surface area contributed by atoms with Crippen molar-refractivity contribution in [3.05, 3.63) is 29.3 Å². The van der Waals surface area contributed by atoms with E-state index in [0.717, 1.165) is 18.1 Å². The molecule has 0 aliphatic rings. The monoisotopic (exact) mass is 247 g/mol. The van der Waals surface area contributed by atoms with E-state index in [1.54, 1.807) is 26.0 Å². The number of aliphatic hydroxyl groups is 1. The van der Waals surface area contributed by atoms with Crippen molar-refractivity contribution < 1.29 is 18.3 Å². The number of halogens is 3. The van der Waals surface area contributed by atoms with Crippen LogP contribution in [0.2, 0.25) is 0 Å². The first-order valence-electron chi connectivity index (χ1n) is 5.24. The molecule has 0 saturated carbocycles. The predicted molar refractivity (Wildman–Crippen MR) is 61.1 cm³/mol. The number of para-hydroxylation sites is 1. The number of anilines is 1. The van der Waals surface area contributed by atoms with Gasteiger partial charge in [0.25, 0.3) is 0 Å². The summed E-state index contributed by atoms with van der Waals surface area (Å²) in [4.78, 5) is 0. The van der Waals surface area contributed by atoms with Crippen molar-refractivity contribution >= 4 is 5.69 Å². The summed E-state index contributed by atoms with van der Waals surface area (Å²) in [6, 6.07) is 5.44. The Morgan fingerprint density at radius 2 is 1.65 bits per heavy atom. The molecule has 0 saturated heterocycles. The van der Waals surface area contributed by atoms with Gasteiger partial charge in [-0.2, -0.15) is 13.2 Å². The molecular formula is C12H16F3NO. The van der Waals surface area contributed by atoms with Crippen molar-refractivity contribution in [1.29, 1.82) is 0 Å². The average Bonchev–Trinajstić information content (AvgIpc) is 2.15. The van der Waals surface area contributed by atoms with Crippen molar-refractivity contribution in [3.8, 4) is 0 Å². The van der Waals surface area contributed by atoms with Crippen LogP contribution in [0.15, 0.2) is 18.2 Å². The lowest BCUT2D eigenvalue weighted by atomic mass is 10.0. The second-order valence-electron chi connectivity index (χ2n) is 4.39. The molecule has 0 aliphatic heterocycles. The molecule has 0 amide bonds. The number of alkyl halides is 3. The van der Waals surface area contributed by atoms with E-state index in [1.807, 2.05) is 6.07 Å². The Balaban J connectivity index is 2.81. The molecule has 0 radical (unpaired) electrons. The van der Waals surface area contributed by atoms with E-state index >= 15 is 0 Å². The molecule has 17 heavy (non-hydrogen) atoms. The predicted octanol–water partition coefficient (Wildman–Crippen LogP) is 3.03. The van der Waals surface area contributed by atoms with E-state index in [-0.39, 0.29) is 0 Å². The zero-order chi connectivity index (χ0) is 13.3. The lowest BCUT2D eigenvalue weighted by molar-refractivity contribution is -0.246. The molecule has 2 nitrogen and oxygen atoms in total. The maximum absolute atomic E-state index is 12.4. The lowest BCUT2D eigenvalue weighted by Crippen LogP contribution is -2.47. The largest absolute Gasteiger partial charge is 0.418 e. The third-order valence-corrected chi connectivity index (χ3v) is 2.70. The Kier molecular flexibility index (Phi) is 3.71. The summed E-state index contributed by atoms with van der Waals surface area (Å²) in [7, 11) is 0. The van der Waals surface area contributed by atoms with Gasteiger partial charge in [-0.15, -0.1) is 0 Å². The van der Waals surface area contributed by atoms with Crippen LogP contribution in [0.1, 0.15) is 18.1 Å². The molecule has 0 aliphatic carbocycles. The van der Waals surface area contributed by atoms with E-state index in [2.05, 4.69) is 5.32 Å². The van der Waals surface area contributed by atoms with Gasteiger partial charge < -0.3 is 10.4 Å². The van der Waals surface area contributed by atoms with Crippen LogP contribution in [-0.4, -0.2) is 23.4 Å². The first-order valence-corrected chi connectivity index (χ1v) is 5.24. The van der Waals surface area contributed by atoms with Crippen molar-refractivity contribution in [2.24, 2.45) is 0 Å². The molecule has 0 heterocycles. The van der Waals surface area contributed by atoms with Gasteiger partial charge in [-0.1, -0.05) is 18.2 Å². The highest BCUT2D eigenvalue weighted by atomic mass is 19.4. The highest BCUT2D eigenvalue weighted by molar-refractivity contribution is 5.56. The van der Waals surface area contributed by atoms with E-state index in [9.17, 15) is 18.3 Å². The minimum Gasteiger partial charge on any atom is -0.381 e. The smallest absolute Gasteiger partial charge is 0.381 e. The summed E-state index contributed by atoms with van der Waals surface area (Å²) in [6.07, 6.45) is -4.64. The van der Waals surface area contributed by atoms with Crippen molar-refractivity contribution in [2.45, 2.75) is 32.5 Å². The molecule has 2 N–H and O–H groups in total. The van der Waals surface area contributed by atoms with Crippen LogP contribution >= 0.6 is 0 Å². The first kappa shape index (κ1) is 13.8. The van der Waals surface area contributed by atoms with Gasteiger partial charge in [-0.3, -0.25) is 0 Å². The van der Waals surface area contributed by atoms with E-state index < -0.39 is 18.3 Å². The fourth-order valence-corrected chi connectivity index (χ4v) is 1.45. The molecule has 0 spiro atoms. The van der Waals surface area contributed by atoms with Crippen LogP contribution in [0, 0.1) is 13.8 Å². The Labute approximate surface area is 98.5 Å². The molecule has 5 heteroatoms. The van der Waals surface area contributed by atoms with Gasteiger partial charge in [0.1, 0.15) is 0 Å². The summed E-state index contributed by atoms with van der Waals surface area (Å²) >= 11 is 0. The van der Waals surface area contributed by atoms with Gasteiger partial charge in [-0.05, 0) is 31.9 Å². The van der Waals surface area contributed by atoms with Gasteiger partial charge in [0.2, 0.25) is 0 Å². The van der Waals surface area contributed by atoms with Crippen LogP contribution in [-0.2, 0) is 0 Å². The zero-order valence-electron chi connectivity index (χ0n) is 10.0. The lowest BCUT2D eigenvalue weighted by Gasteiger charge is -2.27. The molecule has 1 aromatic carbocycles. The van der Waals surface area contributed by atoms with Gasteiger partial charge >= 0.3 is 6.18 Å². The standard InChI is InChI=1S/C12H16F3NO/c1-8-5-4-6-9(2)10(8)16-7-11(3,17)12(13,14)15/h4-6,16-17H,7H2,1-3H3. The Morgan fingerprint density at radius 1 is 1.18 bits per heavy atom. The number of benzene rings is 1. The second kappa shape index (κ2) is 4.56. The van der Waals surface area contributed by atoms with Crippen LogP contribution in [0.4, 0.5) is 18.9 Å². The number of hydrogen-bond donors (Lipinski definition) is 2. The van der Waals surface area contributed by atoms with E-state index in [4.69, 9.17) is 0 Å². The topological polar surface area (TPSA) is 32.3 Å². The Bertz CT molecular complexity index is 379. The zero-order valence-corrected chi connectivity index (χ0v) is 10.0. The number of aryl methyl sites for hydroxylation is 2. The summed E-state index contributed by atoms with van der Waals surface area (Å²) in [5.74, 6) is 0. The Morgan fingerprint density at radius 3 is 2.06 bits per heavy atom. The fourth-order valence-electron chi connectivity index (χ4n) is 1.45. The molecular weight excluding hydrogens is 231 g/mol. The van der Waals surface area contributed by atoms with E-state index in [0.29, 0.717) is 5.69 Å². The highest BCUT2D eigenvalue weighted by Gasteiger charge is 2.49. The van der Waals surface area contributed by atoms with Gasteiger partial charge in [0.05, 0.1) is 6.54 Å². The first-order chi connectivity index (χ1) is 7.65. The van der Waals surface area contributed by atoms with Crippen LogP contribution in [0.5, 0.6) is 0 Å². The number of hydrogen-bond acceptors (Lipinski definition) is 2. The van der Waals surface area contributed by atoms with Crippen LogP contribution in [0.25, 0.3) is 0 Å². The molecule has 0 bridgehead atoms. The number of nitrogens with one attached hydrogen (secondary N) is 1. The molecule has 1 rings (SSSR count). The SMILES string of the molecule is Cc1cccc(C)c1NCC(C)(O)C(F)(F)F. The maximum Gasteiger partial charge on any atom is 0.418 e. The second-order valence-corrected chi connectivity index (χ2v) is 4.39. The number of rotatable bonds is 3. The summed E-state index contributed by atoms with van der Waals surface area (Å²) < 4.78 is 37.3. The minimum atomic E-state index is -4.64. The van der Waals surface area contributed by atoms with Crippen molar-refractivity contribution in [2.75, 3.05) is 11.9 Å². The average molecular weight is 247 g/mol. The molecule has 0 aromatic heterocycles. The summed E-state index contributed by atoms with van der Waals surface area (Å²) in [5, 5.41) is 12.0. The minimum absolute atomic E-state index is 0.567. The third-order valence-electron chi connectivity index (χ3n) is 2.70. The van der Waals surface area contributed by atoms with Crippen molar-refractivity contribution in [3.63, 3.8) is 0 Å². The van der Waals surface area contributed by atoms with Gasteiger partial charge in [-0.25, -0.2) is 0 Å².